The molecule has 0 spiro atoms. The van der Waals surface area contributed by atoms with Crippen LogP contribution in [0.2, 0.25) is 0 Å². The molecule has 1 atom stereocenters. The lowest BCUT2D eigenvalue weighted by Gasteiger charge is -2.29. The van der Waals surface area contributed by atoms with Gasteiger partial charge in [-0.05, 0) is 98.3 Å². The zero-order valence-corrected chi connectivity index (χ0v) is 19.8. The van der Waals surface area contributed by atoms with Gasteiger partial charge in [-0.1, -0.05) is 37.6 Å². The summed E-state index contributed by atoms with van der Waals surface area (Å²) in [6.45, 7) is 2.18. The minimum Gasteiger partial charge on any atom is -0.497 e. The van der Waals surface area contributed by atoms with Crippen LogP contribution >= 0.6 is 0 Å². The number of benzene rings is 2. The Morgan fingerprint density at radius 2 is 1.70 bits per heavy atom. The Morgan fingerprint density at radius 1 is 0.909 bits per heavy atom. The molecule has 0 heterocycles. The standard InChI is InChI=1S/C29H35F3O/c1-3-19-4-9-22(10-5-19)26-16-14-23(28(31)29(26)32)13-8-20-6-11-21(12-7-20)25-17-15-24(33-2)18-27(25)30/h9,14-21H,3-8,10-13H2,1-2H3. The van der Waals surface area contributed by atoms with Crippen molar-refractivity contribution >= 4 is 5.57 Å². The van der Waals surface area contributed by atoms with Gasteiger partial charge < -0.3 is 4.74 Å². The quantitative estimate of drug-likeness (QED) is 0.405. The molecule has 0 N–H and O–H groups in total. The SMILES string of the molecule is CCC1CC=C(c2ccc(CCC3CCC(c4ccc(OC)cc4F)CC3)c(F)c2F)CC1. The third-order valence-corrected chi connectivity index (χ3v) is 7.92. The van der Waals surface area contributed by atoms with Crippen molar-refractivity contribution in [2.24, 2.45) is 11.8 Å². The minimum absolute atomic E-state index is 0.200. The van der Waals surface area contributed by atoms with Crippen molar-refractivity contribution < 1.29 is 17.9 Å². The lowest BCUT2D eigenvalue weighted by Crippen LogP contribution is -2.15. The van der Waals surface area contributed by atoms with Crippen LogP contribution in [0.4, 0.5) is 13.2 Å². The van der Waals surface area contributed by atoms with Gasteiger partial charge in [0.05, 0.1) is 7.11 Å². The van der Waals surface area contributed by atoms with Crippen LogP contribution in [0.1, 0.15) is 87.3 Å². The summed E-state index contributed by atoms with van der Waals surface area (Å²) in [6, 6.07) is 8.65. The number of hydrogen-bond acceptors (Lipinski definition) is 1. The molecule has 0 bridgehead atoms. The molecule has 1 unspecified atom stereocenters. The first-order chi connectivity index (χ1) is 16.0. The molecule has 0 saturated heterocycles. The summed E-state index contributed by atoms with van der Waals surface area (Å²) in [4.78, 5) is 0. The van der Waals surface area contributed by atoms with Crippen molar-refractivity contribution in [2.45, 2.75) is 77.0 Å². The molecule has 178 valence electrons. The van der Waals surface area contributed by atoms with Gasteiger partial charge in [0, 0.05) is 11.6 Å². The number of hydrogen-bond donors (Lipinski definition) is 0. The average molecular weight is 457 g/mol. The summed E-state index contributed by atoms with van der Waals surface area (Å²) < 4.78 is 49.2. The summed E-state index contributed by atoms with van der Waals surface area (Å²) in [7, 11) is 1.54. The third kappa shape index (κ3) is 5.47. The van der Waals surface area contributed by atoms with Gasteiger partial charge in [-0.25, -0.2) is 13.2 Å². The van der Waals surface area contributed by atoms with E-state index in [0.717, 1.165) is 68.9 Å². The molecule has 0 radical (unpaired) electrons. The lowest BCUT2D eigenvalue weighted by atomic mass is 9.76. The lowest BCUT2D eigenvalue weighted by molar-refractivity contribution is 0.305. The molecule has 4 heteroatoms. The molecule has 0 aromatic heterocycles. The topological polar surface area (TPSA) is 9.23 Å². The Balaban J connectivity index is 1.33. The van der Waals surface area contributed by atoms with Crippen LogP contribution in [0.25, 0.3) is 5.57 Å². The van der Waals surface area contributed by atoms with E-state index in [-0.39, 0.29) is 11.7 Å². The second-order valence-electron chi connectivity index (χ2n) is 9.82. The highest BCUT2D eigenvalue weighted by Crippen LogP contribution is 2.39. The van der Waals surface area contributed by atoms with E-state index < -0.39 is 11.6 Å². The van der Waals surface area contributed by atoms with E-state index in [1.54, 1.807) is 12.1 Å². The average Bonchev–Trinajstić information content (AvgIpc) is 2.85. The van der Waals surface area contributed by atoms with Crippen LogP contribution in [0.15, 0.2) is 36.4 Å². The Morgan fingerprint density at radius 3 is 2.33 bits per heavy atom. The number of halogens is 3. The van der Waals surface area contributed by atoms with E-state index in [1.807, 2.05) is 12.1 Å². The number of ether oxygens (including phenoxy) is 1. The second-order valence-corrected chi connectivity index (χ2v) is 9.82. The first-order valence-corrected chi connectivity index (χ1v) is 12.5. The molecule has 2 aromatic rings. The number of aryl methyl sites for hydroxylation is 1. The van der Waals surface area contributed by atoms with Crippen molar-refractivity contribution in [3.05, 3.63) is 70.5 Å². The molecule has 0 aliphatic heterocycles. The van der Waals surface area contributed by atoms with Crippen molar-refractivity contribution in [2.75, 3.05) is 7.11 Å². The number of methoxy groups -OCH3 is 1. The van der Waals surface area contributed by atoms with E-state index in [2.05, 4.69) is 13.0 Å². The fourth-order valence-corrected chi connectivity index (χ4v) is 5.62. The van der Waals surface area contributed by atoms with Crippen LogP contribution in [0, 0.1) is 29.3 Å². The molecule has 4 rings (SSSR count). The predicted molar refractivity (Wildman–Crippen MR) is 128 cm³/mol. The van der Waals surface area contributed by atoms with Gasteiger partial charge in [-0.3, -0.25) is 0 Å². The number of rotatable bonds is 7. The molecule has 0 amide bonds. The monoisotopic (exact) mass is 456 g/mol. The summed E-state index contributed by atoms with van der Waals surface area (Å²) in [5.41, 5.74) is 2.63. The zero-order valence-electron chi connectivity index (χ0n) is 19.8. The van der Waals surface area contributed by atoms with Crippen LogP contribution in [-0.4, -0.2) is 7.11 Å². The molecule has 33 heavy (non-hydrogen) atoms. The zero-order chi connectivity index (χ0) is 23.4. The van der Waals surface area contributed by atoms with Crippen LogP contribution in [-0.2, 0) is 6.42 Å². The molecular weight excluding hydrogens is 421 g/mol. The maximum Gasteiger partial charge on any atom is 0.166 e. The van der Waals surface area contributed by atoms with Gasteiger partial charge in [0.2, 0.25) is 0 Å². The van der Waals surface area contributed by atoms with Crippen LogP contribution < -0.4 is 4.74 Å². The maximum atomic E-state index is 14.9. The molecule has 1 nitrogen and oxygen atoms in total. The van der Waals surface area contributed by atoms with Crippen LogP contribution in [0.5, 0.6) is 5.75 Å². The van der Waals surface area contributed by atoms with E-state index >= 15 is 0 Å². The van der Waals surface area contributed by atoms with Gasteiger partial charge in [-0.15, -0.1) is 0 Å². The fraction of sp³-hybridized carbons (Fsp3) is 0.517. The van der Waals surface area contributed by atoms with Gasteiger partial charge >= 0.3 is 0 Å². The van der Waals surface area contributed by atoms with E-state index in [4.69, 9.17) is 4.74 Å². The normalized spacial score (nSPS) is 23.3. The predicted octanol–water partition coefficient (Wildman–Crippen LogP) is 8.61. The van der Waals surface area contributed by atoms with Gasteiger partial charge in [0.15, 0.2) is 11.6 Å². The molecule has 1 saturated carbocycles. The van der Waals surface area contributed by atoms with Crippen molar-refractivity contribution in [3.63, 3.8) is 0 Å². The smallest absolute Gasteiger partial charge is 0.166 e. The highest BCUT2D eigenvalue weighted by Gasteiger charge is 2.25. The number of allylic oxidation sites excluding steroid dienone is 2. The molecule has 1 fully saturated rings. The first kappa shape index (κ1) is 23.9. The Labute approximate surface area is 196 Å². The second kappa shape index (κ2) is 10.8. The highest BCUT2D eigenvalue weighted by molar-refractivity contribution is 5.67. The largest absolute Gasteiger partial charge is 0.497 e. The van der Waals surface area contributed by atoms with Gasteiger partial charge in [0.25, 0.3) is 0 Å². The Bertz CT molecular complexity index is 989. The summed E-state index contributed by atoms with van der Waals surface area (Å²) in [6.07, 6.45) is 11.3. The Hall–Kier alpha value is -2.23. The molecule has 2 aromatic carbocycles. The summed E-state index contributed by atoms with van der Waals surface area (Å²) in [5, 5.41) is 0. The van der Waals surface area contributed by atoms with Gasteiger partial charge in [-0.2, -0.15) is 0 Å². The first-order valence-electron chi connectivity index (χ1n) is 12.5. The Kier molecular flexibility index (Phi) is 7.82. The molecule has 2 aliphatic carbocycles. The maximum absolute atomic E-state index is 14.9. The van der Waals surface area contributed by atoms with E-state index in [9.17, 15) is 13.2 Å². The highest BCUT2D eigenvalue weighted by atomic mass is 19.2. The van der Waals surface area contributed by atoms with Crippen molar-refractivity contribution in [1.29, 1.82) is 0 Å². The van der Waals surface area contributed by atoms with Gasteiger partial charge in [0.1, 0.15) is 11.6 Å². The van der Waals surface area contributed by atoms with Crippen molar-refractivity contribution in [1.82, 2.24) is 0 Å². The molecule has 2 aliphatic rings. The van der Waals surface area contributed by atoms with Crippen molar-refractivity contribution in [3.8, 4) is 5.75 Å². The van der Waals surface area contributed by atoms with E-state index in [1.165, 1.54) is 13.2 Å². The third-order valence-electron chi connectivity index (χ3n) is 7.92. The van der Waals surface area contributed by atoms with E-state index in [0.29, 0.717) is 35.1 Å². The minimum atomic E-state index is -0.688. The fourth-order valence-electron chi connectivity index (χ4n) is 5.62. The van der Waals surface area contributed by atoms with Crippen LogP contribution in [0.3, 0.4) is 0 Å². The molecular formula is C29H35F3O. The summed E-state index contributed by atoms with van der Waals surface area (Å²) in [5.74, 6) is 0.321. The summed E-state index contributed by atoms with van der Waals surface area (Å²) >= 11 is 0.